The number of primary amides is 1. The fourth-order valence-corrected chi connectivity index (χ4v) is 2.29. The third-order valence-corrected chi connectivity index (χ3v) is 3.96. The average molecular weight is 334 g/mol. The van der Waals surface area contributed by atoms with Crippen molar-refractivity contribution in [2.45, 2.75) is 24.5 Å². The smallest absolute Gasteiger partial charge is 0.351 e. The first-order valence-electron chi connectivity index (χ1n) is 6.08. The van der Waals surface area contributed by atoms with Crippen LogP contribution in [0.1, 0.15) is 16.8 Å². The van der Waals surface area contributed by atoms with Crippen LogP contribution in [0.15, 0.2) is 18.7 Å². The van der Waals surface area contributed by atoms with Crippen molar-refractivity contribution < 1.29 is 33.7 Å². The maximum Gasteiger partial charge on any atom is 0.351 e. The van der Waals surface area contributed by atoms with Crippen LogP contribution in [-0.2, 0) is 13.8 Å². The second-order valence-electron chi connectivity index (χ2n) is 4.50. The molecule has 1 amide bonds. The molecule has 0 spiro atoms. The normalized spacial score (nSPS) is 30.9. The summed E-state index contributed by atoms with van der Waals surface area (Å²) >= 11 is 0. The van der Waals surface area contributed by atoms with Gasteiger partial charge in [-0.3, -0.25) is 9.36 Å². The molecule has 1 saturated heterocycles. The van der Waals surface area contributed by atoms with E-state index in [1.54, 1.807) is 0 Å². The average Bonchev–Trinajstić information content (AvgIpc) is 3.05. The summed E-state index contributed by atoms with van der Waals surface area (Å²) in [5.74, 6) is -0.408. The zero-order chi connectivity index (χ0) is 16.5. The molecule has 1 aliphatic rings. The summed E-state index contributed by atoms with van der Waals surface area (Å²) in [6, 6.07) is 0. The van der Waals surface area contributed by atoms with Crippen molar-refractivity contribution in [2.24, 2.45) is 5.73 Å². The summed E-state index contributed by atoms with van der Waals surface area (Å²) in [7, 11) is -3.98. The third kappa shape index (κ3) is 3.40. The molecule has 0 radical (unpaired) electrons. The van der Waals surface area contributed by atoms with E-state index < -0.39 is 44.6 Å². The van der Waals surface area contributed by atoms with Crippen molar-refractivity contribution in [3.8, 4) is 0 Å². The van der Waals surface area contributed by atoms with E-state index in [1.807, 2.05) is 0 Å². The Hall–Kier alpha value is -1.62. The Bertz CT molecular complexity index is 620. The lowest BCUT2D eigenvalue weighted by molar-refractivity contribution is -0.0562. The van der Waals surface area contributed by atoms with Crippen LogP contribution in [0, 0.1) is 0 Å². The van der Waals surface area contributed by atoms with E-state index in [0.29, 0.717) is 0 Å². The maximum atomic E-state index is 11.3. The van der Waals surface area contributed by atoms with Crippen LogP contribution in [0.3, 0.4) is 0 Å². The Labute approximate surface area is 124 Å². The molecule has 2 heterocycles. The fourth-order valence-electron chi connectivity index (χ4n) is 1.83. The molecule has 1 aromatic heterocycles. The number of hydrogen-bond acceptors (Lipinski definition) is 8. The standard InChI is InChI=1S/C10H15N4O7P/c1-2-22(18,19)20-3-5-6(15)7(16)10(21-5)14-4-12-9(13-14)8(11)17/h2,4-7,10,15-16H,1,3H2,(H2,11,17)(H,18,19)/t5-,6+,7?,10-/m1/s1. The Morgan fingerprint density at radius 3 is 2.82 bits per heavy atom. The lowest BCUT2D eigenvalue weighted by Gasteiger charge is -2.15. The first-order chi connectivity index (χ1) is 10.2. The van der Waals surface area contributed by atoms with Crippen molar-refractivity contribution in [3.63, 3.8) is 0 Å². The van der Waals surface area contributed by atoms with E-state index in [4.69, 9.17) is 10.5 Å². The van der Waals surface area contributed by atoms with E-state index in [1.165, 1.54) is 0 Å². The van der Waals surface area contributed by atoms with E-state index in [-0.39, 0.29) is 5.82 Å². The summed E-state index contributed by atoms with van der Waals surface area (Å²) in [5.41, 5.74) is 5.01. The van der Waals surface area contributed by atoms with E-state index in [2.05, 4.69) is 21.2 Å². The van der Waals surface area contributed by atoms with Gasteiger partial charge in [-0.15, -0.1) is 5.10 Å². The number of amides is 1. The number of rotatable bonds is 6. The lowest BCUT2D eigenvalue weighted by Crippen LogP contribution is -2.33. The third-order valence-electron chi connectivity index (χ3n) is 2.98. The molecule has 5 atom stereocenters. The highest BCUT2D eigenvalue weighted by Crippen LogP contribution is 2.43. The number of nitrogens with zero attached hydrogens (tertiary/aromatic N) is 3. The van der Waals surface area contributed by atoms with Crippen molar-refractivity contribution >= 4 is 13.5 Å². The highest BCUT2D eigenvalue weighted by atomic mass is 31.2. The van der Waals surface area contributed by atoms with Gasteiger partial charge in [0.25, 0.3) is 5.91 Å². The monoisotopic (exact) mass is 334 g/mol. The lowest BCUT2D eigenvalue weighted by atomic mass is 10.1. The van der Waals surface area contributed by atoms with Gasteiger partial charge in [-0.05, 0) is 0 Å². The van der Waals surface area contributed by atoms with Crippen molar-refractivity contribution in [1.82, 2.24) is 14.8 Å². The van der Waals surface area contributed by atoms with E-state index >= 15 is 0 Å². The second-order valence-corrected chi connectivity index (χ2v) is 6.25. The molecule has 22 heavy (non-hydrogen) atoms. The van der Waals surface area contributed by atoms with Crippen molar-refractivity contribution in [1.29, 1.82) is 0 Å². The Morgan fingerprint density at radius 2 is 2.27 bits per heavy atom. The molecule has 2 rings (SSSR count). The Kier molecular flexibility index (Phi) is 4.75. The van der Waals surface area contributed by atoms with Crippen LogP contribution in [0.2, 0.25) is 0 Å². The van der Waals surface area contributed by atoms with Crippen LogP contribution in [-0.4, -0.2) is 60.7 Å². The Morgan fingerprint density at radius 1 is 1.59 bits per heavy atom. The minimum atomic E-state index is -3.98. The first-order valence-corrected chi connectivity index (χ1v) is 7.73. The molecular formula is C10H15N4O7P. The van der Waals surface area contributed by atoms with E-state index in [9.17, 15) is 24.5 Å². The van der Waals surface area contributed by atoms with Gasteiger partial charge in [0, 0.05) is 5.82 Å². The van der Waals surface area contributed by atoms with Crippen molar-refractivity contribution in [3.05, 3.63) is 24.5 Å². The quantitative estimate of drug-likeness (QED) is 0.444. The summed E-state index contributed by atoms with van der Waals surface area (Å²) < 4.78 is 22.3. The van der Waals surface area contributed by atoms with Gasteiger partial charge in [0.15, 0.2) is 6.23 Å². The predicted octanol–water partition coefficient (Wildman–Crippen LogP) is -1.66. The molecule has 122 valence electrons. The Balaban J connectivity index is 2.07. The number of aromatic nitrogens is 3. The molecular weight excluding hydrogens is 319 g/mol. The molecule has 11 nitrogen and oxygen atoms in total. The van der Waals surface area contributed by atoms with Gasteiger partial charge < -0.3 is 30.1 Å². The summed E-state index contributed by atoms with van der Waals surface area (Å²) in [5, 5.41) is 23.5. The van der Waals surface area contributed by atoms with Crippen LogP contribution in [0.4, 0.5) is 0 Å². The first kappa shape index (κ1) is 16.7. The molecule has 0 aliphatic carbocycles. The minimum Gasteiger partial charge on any atom is -0.387 e. The molecule has 5 N–H and O–H groups in total. The van der Waals surface area contributed by atoms with Crippen LogP contribution in [0.25, 0.3) is 0 Å². The van der Waals surface area contributed by atoms with E-state index in [0.717, 1.165) is 16.8 Å². The van der Waals surface area contributed by atoms with Gasteiger partial charge in [0.05, 0.1) is 6.61 Å². The number of aliphatic hydroxyl groups is 2. The zero-order valence-corrected chi connectivity index (χ0v) is 12.1. The molecule has 2 unspecified atom stereocenters. The molecule has 0 bridgehead atoms. The fraction of sp³-hybridized carbons (Fsp3) is 0.500. The molecule has 1 aliphatic heterocycles. The number of carbonyl (C=O) groups is 1. The summed E-state index contributed by atoms with van der Waals surface area (Å²) in [6.07, 6.45) is -3.92. The van der Waals surface area contributed by atoms with Gasteiger partial charge in [-0.25, -0.2) is 9.67 Å². The predicted molar refractivity (Wildman–Crippen MR) is 70.4 cm³/mol. The number of hydrogen-bond donors (Lipinski definition) is 4. The molecule has 1 aromatic rings. The van der Waals surface area contributed by atoms with Crippen LogP contribution in [0.5, 0.6) is 0 Å². The summed E-state index contributed by atoms with van der Waals surface area (Å²) in [6.45, 7) is 2.68. The highest BCUT2D eigenvalue weighted by Gasteiger charge is 2.45. The van der Waals surface area contributed by atoms with Crippen LogP contribution < -0.4 is 5.73 Å². The topological polar surface area (TPSA) is 170 Å². The number of nitrogens with two attached hydrogens (primary N) is 1. The molecule has 0 aromatic carbocycles. The highest BCUT2D eigenvalue weighted by molar-refractivity contribution is 7.56. The maximum absolute atomic E-state index is 11.3. The minimum absolute atomic E-state index is 0.281. The van der Waals surface area contributed by atoms with Crippen molar-refractivity contribution in [2.75, 3.05) is 6.61 Å². The number of aliphatic hydroxyl groups excluding tert-OH is 2. The van der Waals surface area contributed by atoms with Gasteiger partial charge in [-0.1, -0.05) is 6.58 Å². The SMILES string of the molecule is C=CP(=O)(O)OC[C@H]1O[C@@H](n2cnc(C(N)=O)n2)C(O)[C@H]1O. The van der Waals surface area contributed by atoms with Gasteiger partial charge in [-0.2, -0.15) is 0 Å². The molecule has 0 saturated carbocycles. The largest absolute Gasteiger partial charge is 0.387 e. The van der Waals surface area contributed by atoms with Crippen LogP contribution >= 0.6 is 7.60 Å². The number of ether oxygens (including phenoxy) is 1. The second kappa shape index (κ2) is 6.24. The zero-order valence-electron chi connectivity index (χ0n) is 11.2. The van der Waals surface area contributed by atoms with Gasteiger partial charge in [0.2, 0.25) is 5.82 Å². The number of carbonyl (C=O) groups excluding carboxylic acids is 1. The van der Waals surface area contributed by atoms with Gasteiger partial charge >= 0.3 is 7.60 Å². The molecule has 12 heteroatoms. The molecule has 1 fully saturated rings. The van der Waals surface area contributed by atoms with Gasteiger partial charge in [0.1, 0.15) is 24.6 Å². The summed E-state index contributed by atoms with van der Waals surface area (Å²) in [4.78, 5) is 23.8.